The van der Waals surface area contributed by atoms with E-state index >= 15 is 0 Å². The third-order valence-corrected chi connectivity index (χ3v) is 3.34. The predicted molar refractivity (Wildman–Crippen MR) is 72.2 cm³/mol. The van der Waals surface area contributed by atoms with Crippen LogP contribution in [-0.4, -0.2) is 33.2 Å². The van der Waals surface area contributed by atoms with Crippen LogP contribution < -0.4 is 14.8 Å². The van der Waals surface area contributed by atoms with Gasteiger partial charge in [-0.2, -0.15) is 0 Å². The molecule has 0 saturated carbocycles. The Morgan fingerprint density at radius 3 is 2.50 bits per heavy atom. The number of esters is 1. The van der Waals surface area contributed by atoms with Crippen LogP contribution in [0.25, 0.3) is 0 Å². The van der Waals surface area contributed by atoms with E-state index < -0.39 is 0 Å². The van der Waals surface area contributed by atoms with Crippen molar-refractivity contribution in [3.05, 3.63) is 17.7 Å². The van der Waals surface area contributed by atoms with E-state index in [9.17, 15) is 9.59 Å². The molecular weight excluding hydrogens is 262 g/mol. The number of benzene rings is 1. The number of nitrogens with one attached hydrogen (secondary N) is 1. The Balaban J connectivity index is 2.42. The van der Waals surface area contributed by atoms with Crippen molar-refractivity contribution in [3.8, 4) is 11.5 Å². The first-order valence-corrected chi connectivity index (χ1v) is 6.21. The summed E-state index contributed by atoms with van der Waals surface area (Å²) < 4.78 is 15.1. The van der Waals surface area contributed by atoms with Crippen molar-refractivity contribution in [1.82, 2.24) is 0 Å². The minimum Gasteiger partial charge on any atom is -0.493 e. The highest BCUT2D eigenvalue weighted by atomic mass is 16.5. The molecule has 0 unspecified atom stereocenters. The molecule has 20 heavy (non-hydrogen) atoms. The van der Waals surface area contributed by atoms with Crippen LogP contribution in [0.5, 0.6) is 11.5 Å². The molecule has 1 aromatic rings. The standard InChI is InChI=1S/C14H17NO5/c1-18-11-6-9-8(5-14(17)20-3)4-13(16)15-10(9)7-12(11)19-2/h6-8H,4-5H2,1-3H3,(H,15,16)/t8-/m1/s1. The zero-order chi connectivity index (χ0) is 14.7. The molecule has 0 saturated heterocycles. The molecular formula is C14H17NO5. The van der Waals surface area contributed by atoms with Crippen LogP contribution >= 0.6 is 0 Å². The maximum absolute atomic E-state index is 11.7. The number of fused-ring (bicyclic) bond motifs is 1. The molecule has 108 valence electrons. The topological polar surface area (TPSA) is 73.9 Å². The molecule has 6 heteroatoms. The van der Waals surface area contributed by atoms with Gasteiger partial charge in [0.15, 0.2) is 11.5 Å². The monoisotopic (exact) mass is 279 g/mol. The number of carbonyl (C=O) groups is 2. The van der Waals surface area contributed by atoms with Crippen LogP contribution in [-0.2, 0) is 14.3 Å². The van der Waals surface area contributed by atoms with Gasteiger partial charge >= 0.3 is 5.97 Å². The van der Waals surface area contributed by atoms with Crippen molar-refractivity contribution in [2.45, 2.75) is 18.8 Å². The van der Waals surface area contributed by atoms with Crippen molar-refractivity contribution in [1.29, 1.82) is 0 Å². The molecule has 0 bridgehead atoms. The quantitative estimate of drug-likeness (QED) is 0.849. The molecule has 1 heterocycles. The molecule has 6 nitrogen and oxygen atoms in total. The summed E-state index contributed by atoms with van der Waals surface area (Å²) >= 11 is 0. The molecule has 1 amide bonds. The van der Waals surface area contributed by atoms with Gasteiger partial charge in [-0.1, -0.05) is 0 Å². The lowest BCUT2D eigenvalue weighted by Gasteiger charge is -2.26. The smallest absolute Gasteiger partial charge is 0.306 e. The lowest BCUT2D eigenvalue weighted by molar-refractivity contribution is -0.141. The number of hydrogen-bond acceptors (Lipinski definition) is 5. The van der Waals surface area contributed by atoms with E-state index in [1.54, 1.807) is 19.2 Å². The summed E-state index contributed by atoms with van der Waals surface area (Å²) in [5.41, 5.74) is 1.50. The minimum atomic E-state index is -0.342. The van der Waals surface area contributed by atoms with Gasteiger partial charge in [-0.15, -0.1) is 0 Å². The summed E-state index contributed by atoms with van der Waals surface area (Å²) in [5.74, 6) is 0.414. The van der Waals surface area contributed by atoms with Gasteiger partial charge < -0.3 is 19.5 Å². The van der Waals surface area contributed by atoms with Crippen LogP contribution in [0.4, 0.5) is 5.69 Å². The molecule has 1 aliphatic heterocycles. The van der Waals surface area contributed by atoms with Crippen LogP contribution in [0.3, 0.4) is 0 Å². The van der Waals surface area contributed by atoms with Crippen molar-refractivity contribution in [2.75, 3.05) is 26.6 Å². The van der Waals surface area contributed by atoms with Gasteiger partial charge in [-0.25, -0.2) is 0 Å². The maximum atomic E-state index is 11.7. The van der Waals surface area contributed by atoms with Gasteiger partial charge in [0.25, 0.3) is 0 Å². The van der Waals surface area contributed by atoms with E-state index in [0.717, 1.165) is 5.56 Å². The number of amides is 1. The molecule has 0 spiro atoms. The van der Waals surface area contributed by atoms with Gasteiger partial charge in [-0.3, -0.25) is 9.59 Å². The second kappa shape index (κ2) is 5.81. The van der Waals surface area contributed by atoms with Crippen molar-refractivity contribution in [3.63, 3.8) is 0 Å². The number of hydrogen-bond donors (Lipinski definition) is 1. The Kier molecular flexibility index (Phi) is 4.12. The highest BCUT2D eigenvalue weighted by molar-refractivity contribution is 5.96. The van der Waals surface area contributed by atoms with Crippen LogP contribution in [0.15, 0.2) is 12.1 Å². The second-order valence-corrected chi connectivity index (χ2v) is 4.52. The number of anilines is 1. The normalized spacial score (nSPS) is 16.9. The maximum Gasteiger partial charge on any atom is 0.306 e. The van der Waals surface area contributed by atoms with E-state index in [2.05, 4.69) is 10.1 Å². The van der Waals surface area contributed by atoms with Crippen molar-refractivity contribution < 1.29 is 23.8 Å². The van der Waals surface area contributed by atoms with Gasteiger partial charge in [-0.05, 0) is 11.6 Å². The Hall–Kier alpha value is -2.24. The lowest BCUT2D eigenvalue weighted by Crippen LogP contribution is -2.24. The van der Waals surface area contributed by atoms with E-state index in [4.69, 9.17) is 9.47 Å². The molecule has 0 aliphatic carbocycles. The molecule has 1 N–H and O–H groups in total. The fourth-order valence-corrected chi connectivity index (χ4v) is 2.34. The van der Waals surface area contributed by atoms with E-state index in [-0.39, 0.29) is 30.6 Å². The molecule has 1 aliphatic rings. The number of ether oxygens (including phenoxy) is 3. The Morgan fingerprint density at radius 1 is 1.25 bits per heavy atom. The number of rotatable bonds is 4. The molecule has 1 aromatic carbocycles. The van der Waals surface area contributed by atoms with Crippen molar-refractivity contribution >= 4 is 17.6 Å². The predicted octanol–water partition coefficient (Wildman–Crippen LogP) is 1.69. The zero-order valence-corrected chi connectivity index (χ0v) is 11.7. The summed E-state index contributed by atoms with van der Waals surface area (Å²) in [6.45, 7) is 0. The van der Waals surface area contributed by atoms with E-state index in [1.807, 2.05) is 0 Å². The first-order chi connectivity index (χ1) is 9.58. The Labute approximate surface area is 117 Å². The lowest BCUT2D eigenvalue weighted by atomic mass is 9.87. The third kappa shape index (κ3) is 2.68. The molecule has 0 radical (unpaired) electrons. The summed E-state index contributed by atoms with van der Waals surface area (Å²) in [7, 11) is 4.41. The largest absolute Gasteiger partial charge is 0.493 e. The number of carbonyl (C=O) groups excluding carboxylic acids is 2. The van der Waals surface area contributed by atoms with E-state index in [1.165, 1.54) is 14.2 Å². The van der Waals surface area contributed by atoms with E-state index in [0.29, 0.717) is 17.2 Å². The second-order valence-electron chi connectivity index (χ2n) is 4.52. The first-order valence-electron chi connectivity index (χ1n) is 6.21. The molecule has 1 atom stereocenters. The molecule has 0 fully saturated rings. The fraction of sp³-hybridized carbons (Fsp3) is 0.429. The summed E-state index contributed by atoms with van der Waals surface area (Å²) in [5, 5.41) is 2.78. The zero-order valence-electron chi connectivity index (χ0n) is 11.7. The molecule has 2 rings (SSSR count). The Morgan fingerprint density at radius 2 is 1.90 bits per heavy atom. The summed E-state index contributed by atoms with van der Waals surface area (Å²) in [4.78, 5) is 23.2. The SMILES string of the molecule is COC(=O)C[C@H]1CC(=O)Nc2cc(OC)c(OC)cc21. The highest BCUT2D eigenvalue weighted by Gasteiger charge is 2.29. The Bertz CT molecular complexity index is 541. The molecule has 0 aromatic heterocycles. The van der Waals surface area contributed by atoms with Crippen LogP contribution in [0.2, 0.25) is 0 Å². The van der Waals surface area contributed by atoms with Crippen LogP contribution in [0.1, 0.15) is 24.3 Å². The average Bonchev–Trinajstić information content (AvgIpc) is 2.45. The van der Waals surface area contributed by atoms with Gasteiger partial charge in [0.2, 0.25) is 5.91 Å². The summed E-state index contributed by atoms with van der Waals surface area (Å²) in [6.07, 6.45) is 0.407. The van der Waals surface area contributed by atoms with Gasteiger partial charge in [0.05, 0.1) is 27.8 Å². The summed E-state index contributed by atoms with van der Waals surface area (Å²) in [6, 6.07) is 3.50. The first kappa shape index (κ1) is 14.2. The third-order valence-electron chi connectivity index (χ3n) is 3.34. The fourth-order valence-electron chi connectivity index (χ4n) is 2.34. The van der Waals surface area contributed by atoms with Gasteiger partial charge in [0, 0.05) is 24.1 Å². The minimum absolute atomic E-state index is 0.126. The number of methoxy groups -OCH3 is 3. The van der Waals surface area contributed by atoms with Crippen molar-refractivity contribution in [2.24, 2.45) is 0 Å². The average molecular weight is 279 g/mol. The van der Waals surface area contributed by atoms with Gasteiger partial charge in [0.1, 0.15) is 0 Å². The van der Waals surface area contributed by atoms with Crippen LogP contribution in [0, 0.1) is 0 Å². The highest BCUT2D eigenvalue weighted by Crippen LogP contribution is 2.41.